The van der Waals surface area contributed by atoms with E-state index in [9.17, 15) is 9.59 Å². The molecule has 6 fully saturated rings. The van der Waals surface area contributed by atoms with Gasteiger partial charge in [-0.2, -0.15) is 0 Å². The Labute approximate surface area is 498 Å². The van der Waals surface area contributed by atoms with Crippen molar-refractivity contribution in [3.63, 3.8) is 0 Å². The third-order valence-corrected chi connectivity index (χ3v) is 17.7. The van der Waals surface area contributed by atoms with Crippen molar-refractivity contribution in [3.8, 4) is 0 Å². The van der Waals surface area contributed by atoms with Gasteiger partial charge in [0.15, 0.2) is 25.0 Å². The topological polar surface area (TPSA) is 135 Å². The molecule has 6 saturated heterocycles. The zero-order valence-electron chi connectivity index (χ0n) is 49.9. The molecule has 84 heavy (non-hydrogen) atoms. The molecule has 2 aromatic rings. The highest BCUT2D eigenvalue weighted by Crippen LogP contribution is 2.41. The predicted molar refractivity (Wildman–Crippen MR) is 322 cm³/mol. The fourth-order valence-electron chi connectivity index (χ4n) is 13.4. The third kappa shape index (κ3) is 16.7. The molecule has 14 heteroatoms. The van der Waals surface area contributed by atoms with E-state index in [2.05, 4.69) is 85.3 Å². The van der Waals surface area contributed by atoms with E-state index in [0.717, 1.165) is 84.8 Å². The fourth-order valence-corrected chi connectivity index (χ4v) is 13.4. The molecule has 0 aliphatic carbocycles. The summed E-state index contributed by atoms with van der Waals surface area (Å²) in [5.41, 5.74) is 8.09. The number of hydrogen-bond acceptors (Lipinski definition) is 12. The van der Waals surface area contributed by atoms with Crippen LogP contribution in [0.2, 0.25) is 0 Å². The van der Waals surface area contributed by atoms with E-state index in [1.54, 1.807) is 0 Å². The molecule has 0 amide bonds. The van der Waals surface area contributed by atoms with Crippen LogP contribution in [-0.2, 0) is 57.0 Å². The van der Waals surface area contributed by atoms with Crippen molar-refractivity contribution >= 4 is 24.1 Å². The van der Waals surface area contributed by atoms with Crippen molar-refractivity contribution in [1.29, 1.82) is 0 Å². The average Bonchev–Trinajstić information content (AvgIpc) is 3.39. The monoisotopic (exact) mass is 1150 g/mol. The second-order valence-corrected chi connectivity index (χ2v) is 24.4. The molecule has 2 aromatic carbocycles. The number of ether oxygens (including phenoxy) is 10. The molecule has 8 aliphatic heterocycles. The Morgan fingerprint density at radius 1 is 0.512 bits per heavy atom. The standard InChI is InChI=1S/2C35H43NO6/c2*1-22-17-28-12-8-14-32(37)42-34-24(3)31(41-33(25(34)4)23(2)21-36-5)13-7-10-26-9-6-11-27(19-26)35-38-16-15-29(40-35)20-30(18-22)39-28/h2*6-11,14,19,21,24-25,28-31,33-35H,1,12-13,15-18,20H2,2-4H3/b10-7+,14-8+,23-21+;10-7-,14-8+,23-21+/t2*24-,25-,28-,29-,30+,31+,33-,34-,35-/m00/s1. The molecule has 448 valence electrons. The second-order valence-electron chi connectivity index (χ2n) is 24.4. The lowest BCUT2D eigenvalue weighted by molar-refractivity contribution is -0.225. The summed E-state index contributed by atoms with van der Waals surface area (Å²) in [6.07, 6.45) is 24.6. The van der Waals surface area contributed by atoms with Crippen LogP contribution in [0, 0.1) is 36.8 Å². The quantitative estimate of drug-likeness (QED) is 0.161. The maximum absolute atomic E-state index is 13.0. The van der Waals surface area contributed by atoms with Crippen molar-refractivity contribution in [2.45, 2.75) is 204 Å². The van der Waals surface area contributed by atoms with E-state index in [4.69, 9.17) is 60.5 Å². The highest BCUT2D eigenvalue weighted by atomic mass is 16.7. The number of benzene rings is 2. The lowest BCUT2D eigenvalue weighted by atomic mass is 9.79. The van der Waals surface area contributed by atoms with Crippen molar-refractivity contribution < 1.29 is 57.0 Å². The minimum atomic E-state index is -0.415. The number of fused-ring (bicyclic) bond motifs is 18. The number of rotatable bonds is 2. The van der Waals surface area contributed by atoms with Gasteiger partial charge in [-0.3, -0.25) is 0 Å². The van der Waals surface area contributed by atoms with Gasteiger partial charge in [-0.15, -0.1) is 0 Å². The molecule has 10 rings (SSSR count). The molecule has 0 spiro atoms. The molecule has 16 bridgehead atoms. The largest absolute Gasteiger partial charge is 0.458 e. The summed E-state index contributed by atoms with van der Waals surface area (Å²) >= 11 is 0. The molecular formula is C70H86N2O12. The first kappa shape index (κ1) is 62.5. The number of carbonyl (C=O) groups is 2. The van der Waals surface area contributed by atoms with Crippen molar-refractivity contribution in [1.82, 2.24) is 0 Å². The van der Waals surface area contributed by atoms with Gasteiger partial charge in [0.1, 0.15) is 12.2 Å². The van der Waals surface area contributed by atoms with Crippen LogP contribution in [0.5, 0.6) is 0 Å². The van der Waals surface area contributed by atoms with E-state index in [0.29, 0.717) is 38.9 Å². The van der Waals surface area contributed by atoms with Gasteiger partial charge in [0.2, 0.25) is 0 Å². The summed E-state index contributed by atoms with van der Waals surface area (Å²) in [6.45, 7) is 36.5. The zero-order chi connectivity index (χ0) is 59.3. The van der Waals surface area contributed by atoms with E-state index < -0.39 is 12.6 Å². The Balaban J connectivity index is 0.000000202. The summed E-state index contributed by atoms with van der Waals surface area (Å²) < 4.78 is 63.1. The van der Waals surface area contributed by atoms with Crippen molar-refractivity contribution in [3.05, 3.63) is 178 Å². The molecule has 14 nitrogen and oxygen atoms in total. The fraction of sp³-hybridized carbons (Fsp3) is 0.543. The molecule has 18 atom stereocenters. The third-order valence-electron chi connectivity index (χ3n) is 17.7. The van der Waals surface area contributed by atoms with Crippen molar-refractivity contribution in [2.24, 2.45) is 23.7 Å². The second kappa shape index (κ2) is 29.9. The smallest absolute Gasteiger partial charge is 0.330 e. The Kier molecular flexibility index (Phi) is 22.2. The molecular weight excluding hydrogens is 1060 g/mol. The Morgan fingerprint density at radius 3 is 1.33 bits per heavy atom. The van der Waals surface area contributed by atoms with Gasteiger partial charge >= 0.3 is 11.9 Å². The highest BCUT2D eigenvalue weighted by molar-refractivity contribution is 5.82. The van der Waals surface area contributed by atoms with Gasteiger partial charge in [-0.1, -0.05) is 139 Å². The summed E-state index contributed by atoms with van der Waals surface area (Å²) in [4.78, 5) is 33.0. The first-order chi connectivity index (χ1) is 40.6. The van der Waals surface area contributed by atoms with Crippen LogP contribution in [0.15, 0.2) is 133 Å². The Hall–Kier alpha value is -6.04. The molecule has 0 saturated carbocycles. The van der Waals surface area contributed by atoms with Crippen LogP contribution in [0.25, 0.3) is 21.8 Å². The molecule has 0 N–H and O–H groups in total. The molecule has 8 aliphatic rings. The Bertz CT molecular complexity index is 2710. The van der Waals surface area contributed by atoms with E-state index >= 15 is 0 Å². The normalized spacial score (nSPS) is 37.9. The van der Waals surface area contributed by atoms with Gasteiger partial charge < -0.3 is 47.4 Å². The van der Waals surface area contributed by atoms with Gasteiger partial charge in [0.05, 0.1) is 87.4 Å². The van der Waals surface area contributed by atoms with Gasteiger partial charge in [-0.25, -0.2) is 19.3 Å². The lowest BCUT2D eigenvalue weighted by Gasteiger charge is -2.44. The van der Waals surface area contributed by atoms with Crippen LogP contribution >= 0.6 is 0 Å². The molecule has 0 aromatic heterocycles. The van der Waals surface area contributed by atoms with E-state index in [1.165, 1.54) is 35.7 Å². The molecule has 8 heterocycles. The van der Waals surface area contributed by atoms with Gasteiger partial charge in [0, 0.05) is 59.8 Å². The van der Waals surface area contributed by atoms with Crippen LogP contribution in [0.4, 0.5) is 0 Å². The first-order valence-electron chi connectivity index (χ1n) is 30.4. The van der Waals surface area contributed by atoms with E-state index in [1.807, 2.05) is 64.1 Å². The van der Waals surface area contributed by atoms with E-state index in [-0.39, 0.29) is 109 Å². The summed E-state index contributed by atoms with van der Waals surface area (Å²) in [7, 11) is 0. The summed E-state index contributed by atoms with van der Waals surface area (Å²) in [5, 5.41) is 0. The van der Waals surface area contributed by atoms with Crippen LogP contribution in [0.3, 0.4) is 0 Å². The van der Waals surface area contributed by atoms with Crippen molar-refractivity contribution in [2.75, 3.05) is 13.2 Å². The predicted octanol–water partition coefficient (Wildman–Crippen LogP) is 14.2. The SMILES string of the molecule is [C-]#[N+]/C=C(\C)[C@@H]1O[C@@H]2C/C=C/c3cccc(c3)[C@H]3OCC[C@@H](C[C@H]4CC(=C)C[C@H](C/C=C/C(=O)O[C@@H]([C@H]2C)[C@H]1C)O4)O3.[C-]#[N+]/C=C(\C)[C@@H]1O[C@@H]2C/C=C\c3cccc(c3)[C@H]3OCC[C@@H](C[C@H]4CC(=C)C[C@H](C/C=C/C(=O)O[C@@H]([C@H]2C)[C@H]1C)O4)O3. The minimum Gasteiger partial charge on any atom is -0.458 e. The zero-order valence-corrected chi connectivity index (χ0v) is 49.9. The number of esters is 2. The van der Waals surface area contributed by atoms with Gasteiger partial charge in [-0.05, 0) is 98.6 Å². The Morgan fingerprint density at radius 2 is 0.917 bits per heavy atom. The lowest BCUT2D eigenvalue weighted by Crippen LogP contribution is -2.50. The maximum Gasteiger partial charge on any atom is 0.330 e. The maximum atomic E-state index is 13.0. The number of carbonyl (C=O) groups excluding carboxylic acids is 2. The van der Waals surface area contributed by atoms with Gasteiger partial charge in [0.25, 0.3) is 0 Å². The average molecular weight is 1150 g/mol. The van der Waals surface area contributed by atoms with Crippen LogP contribution in [0.1, 0.15) is 153 Å². The number of nitrogens with zero attached hydrogens (tertiary/aromatic N) is 2. The summed E-state index contributed by atoms with van der Waals surface area (Å²) in [6, 6.07) is 16.5. The number of hydrogen-bond donors (Lipinski definition) is 0. The molecule has 0 unspecified atom stereocenters. The van der Waals surface area contributed by atoms with Crippen LogP contribution < -0.4 is 0 Å². The highest BCUT2D eigenvalue weighted by Gasteiger charge is 2.45. The summed E-state index contributed by atoms with van der Waals surface area (Å²) in [5.74, 6) is -0.998. The molecule has 0 radical (unpaired) electrons. The minimum absolute atomic E-state index is 0.0216. The van der Waals surface area contributed by atoms with Crippen LogP contribution in [-0.4, -0.2) is 98.4 Å². The first-order valence-corrected chi connectivity index (χ1v) is 30.4.